The van der Waals surface area contributed by atoms with Gasteiger partial charge in [-0.3, -0.25) is 23.9 Å². The molecule has 4 fully saturated rings. The number of rotatable bonds is 9. The first-order valence-electron chi connectivity index (χ1n) is 21.8. The molecule has 0 spiro atoms. The lowest BCUT2D eigenvalue weighted by molar-refractivity contribution is -0.152. The summed E-state index contributed by atoms with van der Waals surface area (Å²) in [5.74, 6) is -2.17. The van der Waals surface area contributed by atoms with Gasteiger partial charge in [-0.15, -0.1) is 6.58 Å². The topological polar surface area (TPSA) is 149 Å². The Hall–Kier alpha value is -4.58. The molecule has 4 bridgehead atoms. The summed E-state index contributed by atoms with van der Waals surface area (Å²) in [4.78, 5) is 63.7. The van der Waals surface area contributed by atoms with E-state index in [1.807, 2.05) is 36.4 Å². The third kappa shape index (κ3) is 8.98. The van der Waals surface area contributed by atoms with Crippen molar-refractivity contribution in [1.82, 2.24) is 14.6 Å². The number of nitrogens with zero attached hydrogens (tertiary/aromatic N) is 2. The van der Waals surface area contributed by atoms with Crippen LogP contribution >= 0.6 is 0 Å². The van der Waals surface area contributed by atoms with Crippen LogP contribution in [0.4, 0.5) is 0 Å². The summed E-state index contributed by atoms with van der Waals surface area (Å²) in [7, 11) is -3.85. The van der Waals surface area contributed by atoms with Gasteiger partial charge in [0.15, 0.2) is 5.78 Å². The number of sulfonamides is 1. The van der Waals surface area contributed by atoms with Crippen molar-refractivity contribution in [3.8, 4) is 17.0 Å². The van der Waals surface area contributed by atoms with E-state index >= 15 is 4.79 Å². The number of amides is 2. The maximum Gasteiger partial charge on any atom is 0.306 e. The molecule has 314 valence electrons. The molecule has 1 aromatic heterocycles. The van der Waals surface area contributed by atoms with Crippen molar-refractivity contribution in [1.29, 1.82) is 0 Å². The number of pyridine rings is 1. The molecule has 0 unspecified atom stereocenters. The highest BCUT2D eigenvalue weighted by atomic mass is 32.2. The Bertz CT molecular complexity index is 2220. The first kappa shape index (κ1) is 41.2. The summed E-state index contributed by atoms with van der Waals surface area (Å²) in [6.07, 6.45) is 11.3. The number of allylic oxidation sites excluding steroid dienone is 1. The van der Waals surface area contributed by atoms with Crippen molar-refractivity contribution >= 4 is 44.5 Å². The van der Waals surface area contributed by atoms with Crippen LogP contribution in [-0.4, -0.2) is 72.4 Å². The van der Waals surface area contributed by atoms with Crippen LogP contribution in [0.3, 0.4) is 0 Å². The van der Waals surface area contributed by atoms with Gasteiger partial charge in [-0.1, -0.05) is 68.5 Å². The molecule has 5 atom stereocenters. The van der Waals surface area contributed by atoms with E-state index < -0.39 is 50.6 Å². The van der Waals surface area contributed by atoms with Gasteiger partial charge in [0.1, 0.15) is 11.9 Å². The molecule has 11 nitrogen and oxygen atoms in total. The molecule has 3 aromatic rings. The van der Waals surface area contributed by atoms with Crippen LogP contribution in [0.5, 0.6) is 5.75 Å². The Morgan fingerprint density at radius 1 is 0.983 bits per heavy atom. The fourth-order valence-electron chi connectivity index (χ4n) is 9.84. The van der Waals surface area contributed by atoms with E-state index in [4.69, 9.17) is 14.5 Å². The predicted octanol–water partition coefficient (Wildman–Crippen LogP) is 7.56. The van der Waals surface area contributed by atoms with E-state index in [1.165, 1.54) is 5.56 Å². The van der Waals surface area contributed by atoms with Gasteiger partial charge in [0.2, 0.25) is 21.8 Å². The van der Waals surface area contributed by atoms with E-state index in [0.29, 0.717) is 31.6 Å². The molecule has 3 heterocycles. The summed E-state index contributed by atoms with van der Waals surface area (Å²) in [5.41, 5.74) is 3.52. The number of esters is 1. The van der Waals surface area contributed by atoms with E-state index in [1.54, 1.807) is 11.0 Å². The lowest BCUT2D eigenvalue weighted by atomic mass is 9.77. The van der Waals surface area contributed by atoms with E-state index in [0.717, 1.165) is 91.9 Å². The lowest BCUT2D eigenvalue weighted by Crippen LogP contribution is -2.48. The number of carbonyl (C=O) groups is 4. The molecule has 12 heteroatoms. The second-order valence-corrected chi connectivity index (χ2v) is 19.7. The molecule has 1 N–H and O–H groups in total. The third-order valence-electron chi connectivity index (χ3n) is 13.6. The van der Waals surface area contributed by atoms with Crippen molar-refractivity contribution in [2.24, 2.45) is 23.2 Å². The zero-order valence-electron chi connectivity index (χ0n) is 34.2. The van der Waals surface area contributed by atoms with Crippen LogP contribution < -0.4 is 9.46 Å². The average molecular weight is 824 g/mol. The van der Waals surface area contributed by atoms with E-state index in [9.17, 15) is 22.8 Å². The number of nitrogens with one attached hydrogen (secondary N) is 1. The Morgan fingerprint density at radius 3 is 2.46 bits per heavy atom. The number of aromatic nitrogens is 1. The maximum absolute atomic E-state index is 15.0. The summed E-state index contributed by atoms with van der Waals surface area (Å²) >= 11 is 0. The van der Waals surface area contributed by atoms with Crippen LogP contribution in [0.25, 0.3) is 22.2 Å². The number of ketones is 1. The van der Waals surface area contributed by atoms with Gasteiger partial charge in [-0.2, -0.15) is 0 Å². The van der Waals surface area contributed by atoms with Gasteiger partial charge in [0.05, 0.1) is 53.4 Å². The first-order valence-corrected chi connectivity index (χ1v) is 23.3. The Labute approximate surface area is 347 Å². The monoisotopic (exact) mass is 823 g/mol. The molecule has 5 aliphatic rings. The maximum atomic E-state index is 15.0. The molecule has 2 aromatic carbocycles. The number of hydrogen-bond acceptors (Lipinski definition) is 9. The van der Waals surface area contributed by atoms with Gasteiger partial charge in [-0.05, 0) is 93.4 Å². The molecular formula is C47H57N3O8S. The lowest BCUT2D eigenvalue weighted by Gasteiger charge is -2.34. The van der Waals surface area contributed by atoms with Gasteiger partial charge in [0.25, 0.3) is 0 Å². The Balaban J connectivity index is 1.16. The standard InChI is InChI=1S/C47H57N3O8S/c1-3-34-27-47(34,46(54)49-59(55,56)36-19-20-36)28-42(51)41-24-35-29-50(41)45(53)37(31-14-9-6-10-15-31)25-44(52)57-21-13-5-4-8-18-33-23-38-40(22-30(33)2)48-39(26-43(38)58-35)32-16-11-7-12-17-32/h3,7,11-12,16-17,22-23,26,31,34-37,41H,1,4-6,8-10,13-15,18-21,24-25,27-29H2,2H3,(H,49,54)/t34-,35-,37+,41+,47-/m1/s1. The molecule has 1 saturated heterocycles. The second kappa shape index (κ2) is 17.2. The number of ether oxygens (including phenoxy) is 2. The van der Waals surface area contributed by atoms with Gasteiger partial charge in [0, 0.05) is 29.9 Å². The highest BCUT2D eigenvalue weighted by Crippen LogP contribution is 2.57. The summed E-state index contributed by atoms with van der Waals surface area (Å²) in [6.45, 7) is 6.39. The van der Waals surface area contributed by atoms with Gasteiger partial charge in [-0.25, -0.2) is 13.4 Å². The van der Waals surface area contributed by atoms with Crippen LogP contribution in [0.1, 0.15) is 107 Å². The Morgan fingerprint density at radius 2 is 1.73 bits per heavy atom. The third-order valence-corrected chi connectivity index (χ3v) is 15.4. The molecule has 3 saturated carbocycles. The molecule has 59 heavy (non-hydrogen) atoms. The number of benzene rings is 2. The minimum absolute atomic E-state index is 0.0359. The number of Topliss-reactive ketones (excluding diaryl/α,β-unsaturated/α-hetero) is 1. The van der Waals surface area contributed by atoms with Crippen LogP contribution in [0.15, 0.2) is 61.2 Å². The largest absolute Gasteiger partial charge is 0.488 e. The van der Waals surface area contributed by atoms with Gasteiger partial charge >= 0.3 is 5.97 Å². The summed E-state index contributed by atoms with van der Waals surface area (Å²) < 4.78 is 40.7. The molecule has 2 amide bonds. The first-order chi connectivity index (χ1) is 28.5. The minimum Gasteiger partial charge on any atom is -0.488 e. The molecule has 0 radical (unpaired) electrons. The van der Waals surface area contributed by atoms with Crippen molar-refractivity contribution < 1.29 is 37.1 Å². The number of aryl methyl sites for hydroxylation is 2. The van der Waals surface area contributed by atoms with Crippen molar-refractivity contribution in [2.75, 3.05) is 13.2 Å². The minimum atomic E-state index is -3.85. The molecule has 3 aliphatic carbocycles. The van der Waals surface area contributed by atoms with Crippen molar-refractivity contribution in [3.63, 3.8) is 0 Å². The smallest absolute Gasteiger partial charge is 0.306 e. The Kier molecular flexibility index (Phi) is 12.0. The summed E-state index contributed by atoms with van der Waals surface area (Å²) in [5, 5.41) is 0.258. The molecular weight excluding hydrogens is 767 g/mol. The quantitative estimate of drug-likeness (QED) is 0.170. The average Bonchev–Trinajstić information content (AvgIpc) is 4.16. The highest BCUT2D eigenvalue weighted by Gasteiger charge is 2.61. The zero-order chi connectivity index (χ0) is 41.3. The van der Waals surface area contributed by atoms with Crippen LogP contribution in [-0.2, 0) is 40.4 Å². The van der Waals surface area contributed by atoms with Crippen molar-refractivity contribution in [2.45, 2.75) is 127 Å². The number of hydrogen-bond donors (Lipinski definition) is 1. The predicted molar refractivity (Wildman–Crippen MR) is 225 cm³/mol. The van der Waals surface area contributed by atoms with E-state index in [2.05, 4.69) is 30.4 Å². The highest BCUT2D eigenvalue weighted by molar-refractivity contribution is 7.90. The van der Waals surface area contributed by atoms with Crippen LogP contribution in [0, 0.1) is 30.1 Å². The normalized spacial score (nSPS) is 27.2. The number of fused-ring (bicyclic) bond motifs is 3. The fraction of sp³-hybridized carbons (Fsp3) is 0.553. The summed E-state index contributed by atoms with van der Waals surface area (Å²) in [6, 6.07) is 15.2. The number of carbonyl (C=O) groups excluding carboxylic acids is 4. The fourth-order valence-corrected chi connectivity index (χ4v) is 11.2. The van der Waals surface area contributed by atoms with Gasteiger partial charge < -0.3 is 14.4 Å². The second-order valence-electron chi connectivity index (χ2n) is 17.8. The molecule has 8 rings (SSSR count). The van der Waals surface area contributed by atoms with Crippen molar-refractivity contribution in [3.05, 3.63) is 72.3 Å². The van der Waals surface area contributed by atoms with E-state index in [-0.39, 0.29) is 49.3 Å². The zero-order valence-corrected chi connectivity index (χ0v) is 35.0. The SMILES string of the molecule is C=C[C@@H]1C[C@]1(CC(=O)[C@@H]1C[C@@H]2CN1C(=O)[C@H](C1CCCCC1)CC(=O)OCCCCCCc1cc3c(cc(-c4ccccc4)nc3cc1C)O2)C(=O)NS(=O)(=O)C1CC1. The van der Waals surface area contributed by atoms with Crippen LogP contribution in [0.2, 0.25) is 0 Å². The molecule has 2 aliphatic heterocycles. The number of cyclic esters (lactones) is 1.